The molecule has 2 rings (SSSR count). The Labute approximate surface area is 128 Å². The molecule has 1 aromatic carbocycles. The molecule has 0 atom stereocenters. The zero-order chi connectivity index (χ0) is 14.8. The average Bonchev–Trinajstić information content (AvgIpc) is 2.39. The molecule has 0 unspecified atom stereocenters. The highest BCUT2D eigenvalue weighted by Crippen LogP contribution is 2.27. The van der Waals surface area contributed by atoms with Gasteiger partial charge in [-0.3, -0.25) is 0 Å². The highest BCUT2D eigenvalue weighted by molar-refractivity contribution is 9.10. The minimum absolute atomic E-state index is 0.288. The molecule has 0 amide bonds. The fourth-order valence-electron chi connectivity index (χ4n) is 2.38. The van der Waals surface area contributed by atoms with E-state index in [4.69, 9.17) is 5.73 Å². The Kier molecular flexibility index (Phi) is 5.06. The summed E-state index contributed by atoms with van der Waals surface area (Å²) in [6.45, 7) is 5.83. The quantitative estimate of drug-likeness (QED) is 0.829. The van der Waals surface area contributed by atoms with Gasteiger partial charge in [0.15, 0.2) is 0 Å². The number of hydrogen-bond donors (Lipinski definition) is 1. The summed E-state index contributed by atoms with van der Waals surface area (Å²) >= 11 is 3.29. The number of nitrogens with zero attached hydrogens (tertiary/aromatic N) is 2. The van der Waals surface area contributed by atoms with E-state index < -0.39 is 10.0 Å². The van der Waals surface area contributed by atoms with Gasteiger partial charge in [0.05, 0.1) is 4.90 Å². The maximum Gasteiger partial charge on any atom is 0.244 e. The van der Waals surface area contributed by atoms with Crippen LogP contribution in [0.4, 0.5) is 5.69 Å². The standard InChI is InChI=1S/C13H20BrN3O2S/c1-2-5-16-6-8-17(9-7-16)20(18,19)13-4-3-11(15)10-12(13)14/h3-4,10H,2,5-9,15H2,1H3. The summed E-state index contributed by atoms with van der Waals surface area (Å²) in [4.78, 5) is 2.58. The van der Waals surface area contributed by atoms with E-state index in [9.17, 15) is 8.42 Å². The largest absolute Gasteiger partial charge is 0.399 e. The van der Waals surface area contributed by atoms with Crippen molar-refractivity contribution in [3.05, 3.63) is 22.7 Å². The second-order valence-corrected chi connectivity index (χ2v) is 7.70. The van der Waals surface area contributed by atoms with E-state index in [1.54, 1.807) is 22.5 Å². The molecule has 0 saturated carbocycles. The molecular formula is C13H20BrN3O2S. The van der Waals surface area contributed by atoms with Crippen molar-refractivity contribution in [2.24, 2.45) is 0 Å². The van der Waals surface area contributed by atoms with Gasteiger partial charge in [-0.25, -0.2) is 8.42 Å². The van der Waals surface area contributed by atoms with Gasteiger partial charge in [-0.1, -0.05) is 6.92 Å². The van der Waals surface area contributed by atoms with E-state index in [1.165, 1.54) is 0 Å². The maximum absolute atomic E-state index is 12.6. The molecule has 20 heavy (non-hydrogen) atoms. The minimum Gasteiger partial charge on any atom is -0.399 e. The molecule has 1 saturated heterocycles. The van der Waals surface area contributed by atoms with Crippen LogP contribution in [0.2, 0.25) is 0 Å². The van der Waals surface area contributed by atoms with E-state index >= 15 is 0 Å². The lowest BCUT2D eigenvalue weighted by molar-refractivity contribution is 0.188. The number of piperazine rings is 1. The summed E-state index contributed by atoms with van der Waals surface area (Å²) in [6, 6.07) is 4.80. The molecule has 1 aliphatic heterocycles. The number of nitrogen functional groups attached to an aromatic ring is 1. The molecule has 1 aliphatic rings. The van der Waals surface area contributed by atoms with Crippen LogP contribution in [0, 0.1) is 0 Å². The van der Waals surface area contributed by atoms with Gasteiger partial charge in [0.25, 0.3) is 0 Å². The van der Waals surface area contributed by atoms with Crippen LogP contribution in [0.3, 0.4) is 0 Å². The number of nitrogens with two attached hydrogens (primary N) is 1. The topological polar surface area (TPSA) is 66.6 Å². The number of hydrogen-bond acceptors (Lipinski definition) is 4. The smallest absolute Gasteiger partial charge is 0.244 e. The third kappa shape index (κ3) is 3.33. The second kappa shape index (κ2) is 6.43. The van der Waals surface area contributed by atoms with E-state index in [-0.39, 0.29) is 4.90 Å². The summed E-state index contributed by atoms with van der Waals surface area (Å²) in [5.41, 5.74) is 6.20. The summed E-state index contributed by atoms with van der Waals surface area (Å²) in [5, 5.41) is 0. The van der Waals surface area contributed by atoms with Gasteiger partial charge in [-0.15, -0.1) is 0 Å². The van der Waals surface area contributed by atoms with Crippen LogP contribution >= 0.6 is 15.9 Å². The Morgan fingerprint density at radius 3 is 2.45 bits per heavy atom. The number of rotatable bonds is 4. The normalized spacial score (nSPS) is 18.3. The van der Waals surface area contributed by atoms with Gasteiger partial charge in [0.1, 0.15) is 0 Å². The molecule has 5 nitrogen and oxygen atoms in total. The van der Waals surface area contributed by atoms with Crippen LogP contribution in [-0.2, 0) is 10.0 Å². The molecule has 1 heterocycles. The third-order valence-electron chi connectivity index (χ3n) is 3.44. The average molecular weight is 362 g/mol. The van der Waals surface area contributed by atoms with E-state index in [2.05, 4.69) is 27.8 Å². The van der Waals surface area contributed by atoms with Crippen molar-refractivity contribution < 1.29 is 8.42 Å². The molecule has 1 aromatic rings. The minimum atomic E-state index is -3.44. The lowest BCUT2D eigenvalue weighted by Gasteiger charge is -2.33. The maximum atomic E-state index is 12.6. The van der Waals surface area contributed by atoms with Crippen molar-refractivity contribution in [1.82, 2.24) is 9.21 Å². The van der Waals surface area contributed by atoms with Gasteiger partial charge in [0.2, 0.25) is 10.0 Å². The lowest BCUT2D eigenvalue weighted by atomic mass is 10.3. The van der Waals surface area contributed by atoms with Crippen molar-refractivity contribution in [3.63, 3.8) is 0 Å². The Hall–Kier alpha value is -0.630. The molecule has 0 radical (unpaired) electrons. The molecule has 0 spiro atoms. The summed E-state index contributed by atoms with van der Waals surface area (Å²) < 4.78 is 27.3. The number of benzene rings is 1. The van der Waals surface area contributed by atoms with Crippen LogP contribution in [0.5, 0.6) is 0 Å². The monoisotopic (exact) mass is 361 g/mol. The van der Waals surface area contributed by atoms with Gasteiger partial charge in [0, 0.05) is 36.3 Å². The van der Waals surface area contributed by atoms with Crippen molar-refractivity contribution in [3.8, 4) is 0 Å². The summed E-state index contributed by atoms with van der Waals surface area (Å²) in [5.74, 6) is 0. The van der Waals surface area contributed by atoms with E-state index in [0.717, 1.165) is 26.1 Å². The van der Waals surface area contributed by atoms with Crippen LogP contribution in [0.25, 0.3) is 0 Å². The van der Waals surface area contributed by atoms with E-state index in [1.807, 2.05) is 0 Å². The van der Waals surface area contributed by atoms with Crippen molar-refractivity contribution >= 4 is 31.6 Å². The zero-order valence-corrected chi connectivity index (χ0v) is 14.0. The third-order valence-corrected chi connectivity index (χ3v) is 6.32. The molecule has 0 bridgehead atoms. The molecule has 0 aliphatic carbocycles. The molecule has 2 N–H and O–H groups in total. The van der Waals surface area contributed by atoms with Crippen molar-refractivity contribution in [2.75, 3.05) is 38.5 Å². The molecule has 0 aromatic heterocycles. The first-order chi connectivity index (χ1) is 9.45. The Morgan fingerprint density at radius 2 is 1.90 bits per heavy atom. The predicted molar refractivity (Wildman–Crippen MR) is 84.0 cm³/mol. The zero-order valence-electron chi connectivity index (χ0n) is 11.5. The first-order valence-electron chi connectivity index (χ1n) is 6.72. The van der Waals surface area contributed by atoms with Crippen molar-refractivity contribution in [2.45, 2.75) is 18.2 Å². The SMILES string of the molecule is CCCN1CCN(S(=O)(=O)c2ccc(N)cc2Br)CC1. The van der Waals surface area contributed by atoms with E-state index in [0.29, 0.717) is 23.2 Å². The summed E-state index contributed by atoms with van der Waals surface area (Å²) in [7, 11) is -3.44. The van der Waals surface area contributed by atoms with Gasteiger partial charge in [-0.05, 0) is 47.1 Å². The number of sulfonamides is 1. The van der Waals surface area contributed by atoms with Gasteiger partial charge >= 0.3 is 0 Å². The number of halogens is 1. The predicted octanol–water partition coefficient (Wildman–Crippen LogP) is 1.75. The molecule has 7 heteroatoms. The van der Waals surface area contributed by atoms with Crippen LogP contribution in [-0.4, -0.2) is 50.3 Å². The fraction of sp³-hybridized carbons (Fsp3) is 0.538. The number of anilines is 1. The van der Waals surface area contributed by atoms with Gasteiger partial charge < -0.3 is 10.6 Å². The Balaban J connectivity index is 2.15. The highest BCUT2D eigenvalue weighted by atomic mass is 79.9. The Morgan fingerprint density at radius 1 is 1.25 bits per heavy atom. The van der Waals surface area contributed by atoms with Crippen LogP contribution in [0.15, 0.2) is 27.6 Å². The first-order valence-corrected chi connectivity index (χ1v) is 8.96. The molecule has 112 valence electrons. The van der Waals surface area contributed by atoms with Crippen LogP contribution in [0.1, 0.15) is 13.3 Å². The summed E-state index contributed by atoms with van der Waals surface area (Å²) in [6.07, 6.45) is 1.09. The van der Waals surface area contributed by atoms with Crippen LogP contribution < -0.4 is 5.73 Å². The van der Waals surface area contributed by atoms with Crippen molar-refractivity contribution in [1.29, 1.82) is 0 Å². The first kappa shape index (κ1) is 15.8. The lowest BCUT2D eigenvalue weighted by Crippen LogP contribution is -2.48. The highest BCUT2D eigenvalue weighted by Gasteiger charge is 2.29. The second-order valence-electron chi connectivity index (χ2n) is 4.94. The molecule has 1 fully saturated rings. The molecular weight excluding hydrogens is 342 g/mol. The fourth-order valence-corrected chi connectivity index (χ4v) is 4.85. The Bertz CT molecular complexity index is 569. The van der Waals surface area contributed by atoms with Gasteiger partial charge in [-0.2, -0.15) is 4.31 Å².